The number of hydrogen-bond donors (Lipinski definition) is 1. The Balaban J connectivity index is 2.63. The first-order valence-electron chi connectivity index (χ1n) is 4.63. The molecule has 0 amide bonds. The van der Waals surface area contributed by atoms with Gasteiger partial charge in [-0.3, -0.25) is 0 Å². The van der Waals surface area contributed by atoms with Crippen molar-refractivity contribution in [1.29, 1.82) is 0 Å². The molecule has 0 heterocycles. The third kappa shape index (κ3) is 3.29. The summed E-state index contributed by atoms with van der Waals surface area (Å²) < 4.78 is 4.98. The molecule has 2 nitrogen and oxygen atoms in total. The second kappa shape index (κ2) is 5.35. The van der Waals surface area contributed by atoms with Crippen molar-refractivity contribution in [2.75, 3.05) is 13.7 Å². The van der Waals surface area contributed by atoms with E-state index in [0.29, 0.717) is 6.61 Å². The van der Waals surface area contributed by atoms with Gasteiger partial charge in [-0.1, -0.05) is 23.7 Å². The Morgan fingerprint density at radius 3 is 2.79 bits per heavy atom. The van der Waals surface area contributed by atoms with E-state index in [1.165, 1.54) is 5.56 Å². The second-order valence-corrected chi connectivity index (χ2v) is 3.91. The average Bonchev–Trinajstić information content (AvgIpc) is 2.12. The van der Waals surface area contributed by atoms with E-state index in [0.717, 1.165) is 17.0 Å². The van der Waals surface area contributed by atoms with E-state index in [4.69, 9.17) is 22.1 Å². The number of methoxy groups -OCH3 is 1. The molecule has 0 aliphatic heterocycles. The van der Waals surface area contributed by atoms with Crippen LogP contribution in [-0.4, -0.2) is 19.8 Å². The lowest BCUT2D eigenvalue weighted by atomic mass is 10.0. The van der Waals surface area contributed by atoms with E-state index >= 15 is 0 Å². The lowest BCUT2D eigenvalue weighted by Gasteiger charge is -2.11. The van der Waals surface area contributed by atoms with Crippen LogP contribution < -0.4 is 5.73 Å². The van der Waals surface area contributed by atoms with E-state index < -0.39 is 0 Å². The van der Waals surface area contributed by atoms with Crippen LogP contribution in [0.3, 0.4) is 0 Å². The Kier molecular flexibility index (Phi) is 4.39. The van der Waals surface area contributed by atoms with Gasteiger partial charge in [0.2, 0.25) is 0 Å². The van der Waals surface area contributed by atoms with Crippen LogP contribution in [0.2, 0.25) is 5.02 Å². The van der Waals surface area contributed by atoms with Crippen molar-refractivity contribution in [3.63, 3.8) is 0 Å². The first kappa shape index (κ1) is 11.5. The fraction of sp³-hybridized carbons (Fsp3) is 0.455. The van der Waals surface area contributed by atoms with Crippen LogP contribution in [0.4, 0.5) is 0 Å². The van der Waals surface area contributed by atoms with Gasteiger partial charge in [0, 0.05) is 18.2 Å². The van der Waals surface area contributed by atoms with Crippen LogP contribution in [0.15, 0.2) is 18.2 Å². The van der Waals surface area contributed by atoms with Crippen molar-refractivity contribution in [1.82, 2.24) is 0 Å². The number of benzene rings is 1. The molecule has 1 unspecified atom stereocenters. The summed E-state index contributed by atoms with van der Waals surface area (Å²) in [5.41, 5.74) is 8.14. The minimum atomic E-state index is 0.0561. The fourth-order valence-electron chi connectivity index (χ4n) is 1.41. The predicted molar refractivity (Wildman–Crippen MR) is 59.7 cm³/mol. The van der Waals surface area contributed by atoms with Crippen molar-refractivity contribution in [2.24, 2.45) is 5.73 Å². The van der Waals surface area contributed by atoms with Gasteiger partial charge in [0.25, 0.3) is 0 Å². The zero-order chi connectivity index (χ0) is 10.6. The van der Waals surface area contributed by atoms with Gasteiger partial charge in [-0.2, -0.15) is 0 Å². The minimum Gasteiger partial charge on any atom is -0.383 e. The average molecular weight is 214 g/mol. The molecule has 0 aliphatic rings. The molecule has 0 radical (unpaired) electrons. The quantitative estimate of drug-likeness (QED) is 0.832. The first-order valence-corrected chi connectivity index (χ1v) is 5.01. The highest BCUT2D eigenvalue weighted by Gasteiger charge is 2.04. The molecule has 0 bridgehead atoms. The summed E-state index contributed by atoms with van der Waals surface area (Å²) >= 11 is 5.92. The molecule has 3 heteroatoms. The molecule has 0 spiro atoms. The highest BCUT2D eigenvalue weighted by Crippen LogP contribution is 2.16. The largest absolute Gasteiger partial charge is 0.383 e. The Hall–Kier alpha value is -0.570. The van der Waals surface area contributed by atoms with Gasteiger partial charge in [0.05, 0.1) is 6.61 Å². The lowest BCUT2D eigenvalue weighted by molar-refractivity contribution is 0.180. The molecular formula is C11H16ClNO. The summed E-state index contributed by atoms with van der Waals surface area (Å²) in [7, 11) is 1.66. The fourth-order valence-corrected chi connectivity index (χ4v) is 1.53. The maximum Gasteiger partial charge on any atom is 0.0616 e. The van der Waals surface area contributed by atoms with Crippen LogP contribution in [0.5, 0.6) is 0 Å². The van der Waals surface area contributed by atoms with Gasteiger partial charge < -0.3 is 10.5 Å². The van der Waals surface area contributed by atoms with Crippen LogP contribution in [0.1, 0.15) is 11.1 Å². The van der Waals surface area contributed by atoms with E-state index in [-0.39, 0.29) is 6.04 Å². The van der Waals surface area contributed by atoms with Crippen LogP contribution in [0, 0.1) is 6.92 Å². The van der Waals surface area contributed by atoms with Crippen molar-refractivity contribution < 1.29 is 4.74 Å². The molecule has 78 valence electrons. The number of halogens is 1. The highest BCUT2D eigenvalue weighted by atomic mass is 35.5. The van der Waals surface area contributed by atoms with E-state index in [2.05, 4.69) is 6.07 Å². The maximum atomic E-state index is 5.92. The summed E-state index contributed by atoms with van der Waals surface area (Å²) in [6, 6.07) is 6.04. The summed E-state index contributed by atoms with van der Waals surface area (Å²) in [4.78, 5) is 0. The zero-order valence-corrected chi connectivity index (χ0v) is 9.34. The highest BCUT2D eigenvalue weighted by molar-refractivity contribution is 6.31. The van der Waals surface area contributed by atoms with Crippen LogP contribution in [0.25, 0.3) is 0 Å². The lowest BCUT2D eigenvalue weighted by Crippen LogP contribution is -2.27. The van der Waals surface area contributed by atoms with Gasteiger partial charge in [0.15, 0.2) is 0 Å². The molecule has 1 aromatic rings. The molecule has 0 saturated heterocycles. The Labute approximate surface area is 90.0 Å². The molecular weight excluding hydrogens is 198 g/mol. The zero-order valence-electron chi connectivity index (χ0n) is 8.59. The summed E-state index contributed by atoms with van der Waals surface area (Å²) in [6.07, 6.45) is 0.825. The Morgan fingerprint density at radius 1 is 1.50 bits per heavy atom. The van der Waals surface area contributed by atoms with Gasteiger partial charge in [0.1, 0.15) is 0 Å². The van der Waals surface area contributed by atoms with Crippen LogP contribution in [-0.2, 0) is 11.2 Å². The second-order valence-electron chi connectivity index (χ2n) is 3.50. The number of rotatable bonds is 4. The monoisotopic (exact) mass is 213 g/mol. The summed E-state index contributed by atoms with van der Waals surface area (Å²) in [5.74, 6) is 0. The molecule has 1 aromatic carbocycles. The third-order valence-electron chi connectivity index (χ3n) is 2.10. The summed E-state index contributed by atoms with van der Waals surface area (Å²) in [6.45, 7) is 2.58. The molecule has 14 heavy (non-hydrogen) atoms. The molecule has 0 fully saturated rings. The van der Waals surface area contributed by atoms with Gasteiger partial charge in [-0.25, -0.2) is 0 Å². The SMILES string of the molecule is COCC(N)Cc1ccc(Cl)c(C)c1. The first-order chi connectivity index (χ1) is 6.63. The van der Waals surface area contributed by atoms with Crippen LogP contribution >= 0.6 is 11.6 Å². The van der Waals surface area contributed by atoms with E-state index in [9.17, 15) is 0 Å². The van der Waals surface area contributed by atoms with Crippen molar-refractivity contribution in [3.8, 4) is 0 Å². The number of hydrogen-bond acceptors (Lipinski definition) is 2. The predicted octanol–water partition coefficient (Wildman–Crippen LogP) is 2.16. The molecule has 0 aliphatic carbocycles. The van der Waals surface area contributed by atoms with Gasteiger partial charge in [-0.05, 0) is 30.5 Å². The molecule has 1 atom stereocenters. The molecule has 1 rings (SSSR count). The van der Waals surface area contributed by atoms with Crippen molar-refractivity contribution in [2.45, 2.75) is 19.4 Å². The van der Waals surface area contributed by atoms with Gasteiger partial charge >= 0.3 is 0 Å². The standard InChI is InChI=1S/C11H16ClNO/c1-8-5-9(3-4-11(8)12)6-10(13)7-14-2/h3-5,10H,6-7,13H2,1-2H3. The Morgan fingerprint density at radius 2 is 2.21 bits per heavy atom. The molecule has 2 N–H and O–H groups in total. The minimum absolute atomic E-state index is 0.0561. The van der Waals surface area contributed by atoms with Gasteiger partial charge in [-0.15, -0.1) is 0 Å². The topological polar surface area (TPSA) is 35.2 Å². The molecule has 0 aromatic heterocycles. The molecule has 0 saturated carbocycles. The normalized spacial score (nSPS) is 12.9. The van der Waals surface area contributed by atoms with E-state index in [1.807, 2.05) is 19.1 Å². The van der Waals surface area contributed by atoms with Crippen molar-refractivity contribution in [3.05, 3.63) is 34.3 Å². The Bertz CT molecular complexity index is 301. The maximum absolute atomic E-state index is 5.92. The summed E-state index contributed by atoms with van der Waals surface area (Å²) in [5, 5.41) is 0.800. The smallest absolute Gasteiger partial charge is 0.0616 e. The third-order valence-corrected chi connectivity index (χ3v) is 2.53. The van der Waals surface area contributed by atoms with Crippen molar-refractivity contribution >= 4 is 11.6 Å². The number of nitrogens with two attached hydrogens (primary N) is 1. The van der Waals surface area contributed by atoms with E-state index in [1.54, 1.807) is 7.11 Å². The number of aryl methyl sites for hydroxylation is 1. The number of ether oxygens (including phenoxy) is 1.